The summed E-state index contributed by atoms with van der Waals surface area (Å²) in [5.41, 5.74) is 1.14. The van der Waals surface area contributed by atoms with Crippen molar-refractivity contribution in [2.24, 2.45) is 0 Å². The second-order valence-electron chi connectivity index (χ2n) is 4.47. The maximum absolute atomic E-state index is 11.8. The van der Waals surface area contributed by atoms with Gasteiger partial charge in [0.05, 0.1) is 6.61 Å². The average Bonchev–Trinajstić information content (AvgIpc) is 2.45. The highest BCUT2D eigenvalue weighted by Gasteiger charge is 2.13. The van der Waals surface area contributed by atoms with Gasteiger partial charge in [-0.15, -0.1) is 0 Å². The van der Waals surface area contributed by atoms with Crippen LogP contribution in [-0.2, 0) is 16.1 Å². The summed E-state index contributed by atoms with van der Waals surface area (Å²) in [5, 5.41) is 6.00. The van der Waals surface area contributed by atoms with Crippen LogP contribution in [-0.4, -0.2) is 38.8 Å². The van der Waals surface area contributed by atoms with Crippen LogP contribution in [0.25, 0.3) is 0 Å². The highest BCUT2D eigenvalue weighted by atomic mass is 16.5. The SMILES string of the molecule is CCNCc1cccc(OC(C)C(=O)NCCOC)c1. The maximum atomic E-state index is 11.8. The molecule has 20 heavy (non-hydrogen) atoms. The van der Waals surface area contributed by atoms with E-state index in [0.717, 1.165) is 18.7 Å². The van der Waals surface area contributed by atoms with Gasteiger partial charge in [-0.25, -0.2) is 0 Å². The molecule has 0 aliphatic heterocycles. The van der Waals surface area contributed by atoms with Crippen LogP contribution >= 0.6 is 0 Å². The fourth-order valence-corrected chi connectivity index (χ4v) is 1.68. The minimum Gasteiger partial charge on any atom is -0.481 e. The molecule has 5 heteroatoms. The lowest BCUT2D eigenvalue weighted by atomic mass is 10.2. The van der Waals surface area contributed by atoms with Gasteiger partial charge in [-0.05, 0) is 31.2 Å². The van der Waals surface area contributed by atoms with Crippen molar-refractivity contribution in [3.8, 4) is 5.75 Å². The third-order valence-corrected chi connectivity index (χ3v) is 2.77. The monoisotopic (exact) mass is 280 g/mol. The van der Waals surface area contributed by atoms with Gasteiger partial charge in [0.1, 0.15) is 5.75 Å². The highest BCUT2D eigenvalue weighted by Crippen LogP contribution is 2.15. The van der Waals surface area contributed by atoms with Gasteiger partial charge in [0, 0.05) is 20.2 Å². The first-order chi connectivity index (χ1) is 9.67. The van der Waals surface area contributed by atoms with Crippen LogP contribution < -0.4 is 15.4 Å². The highest BCUT2D eigenvalue weighted by molar-refractivity contribution is 5.80. The van der Waals surface area contributed by atoms with E-state index in [1.807, 2.05) is 24.3 Å². The molecule has 0 aliphatic rings. The van der Waals surface area contributed by atoms with Crippen LogP contribution in [0.1, 0.15) is 19.4 Å². The predicted octanol–water partition coefficient (Wildman–Crippen LogP) is 1.33. The molecule has 0 saturated carbocycles. The van der Waals surface area contributed by atoms with E-state index in [2.05, 4.69) is 17.6 Å². The van der Waals surface area contributed by atoms with Gasteiger partial charge in [-0.3, -0.25) is 4.79 Å². The summed E-state index contributed by atoms with van der Waals surface area (Å²) in [5.74, 6) is 0.564. The van der Waals surface area contributed by atoms with Crippen molar-refractivity contribution in [1.82, 2.24) is 10.6 Å². The summed E-state index contributed by atoms with van der Waals surface area (Å²) in [7, 11) is 1.60. The number of methoxy groups -OCH3 is 1. The molecule has 1 rings (SSSR count). The summed E-state index contributed by atoms with van der Waals surface area (Å²) in [6.45, 7) is 6.50. The molecule has 112 valence electrons. The molecular weight excluding hydrogens is 256 g/mol. The second kappa shape index (κ2) is 9.34. The van der Waals surface area contributed by atoms with E-state index in [1.54, 1.807) is 14.0 Å². The summed E-state index contributed by atoms with van der Waals surface area (Å²) < 4.78 is 10.5. The third kappa shape index (κ3) is 6.04. The Labute approximate surface area is 120 Å². The zero-order chi connectivity index (χ0) is 14.8. The molecule has 0 bridgehead atoms. The van der Waals surface area contributed by atoms with Gasteiger partial charge < -0.3 is 20.1 Å². The van der Waals surface area contributed by atoms with Crippen molar-refractivity contribution in [2.45, 2.75) is 26.5 Å². The van der Waals surface area contributed by atoms with Gasteiger partial charge >= 0.3 is 0 Å². The molecule has 0 heterocycles. The van der Waals surface area contributed by atoms with Crippen molar-refractivity contribution in [3.63, 3.8) is 0 Å². The van der Waals surface area contributed by atoms with E-state index >= 15 is 0 Å². The van der Waals surface area contributed by atoms with E-state index in [0.29, 0.717) is 18.9 Å². The van der Waals surface area contributed by atoms with Crippen molar-refractivity contribution >= 4 is 5.91 Å². The number of carbonyl (C=O) groups is 1. The van der Waals surface area contributed by atoms with E-state index < -0.39 is 6.10 Å². The van der Waals surface area contributed by atoms with Crippen molar-refractivity contribution < 1.29 is 14.3 Å². The summed E-state index contributed by atoms with van der Waals surface area (Å²) in [6.07, 6.45) is -0.527. The molecule has 1 unspecified atom stereocenters. The maximum Gasteiger partial charge on any atom is 0.260 e. The first-order valence-electron chi connectivity index (χ1n) is 6.90. The number of hydrogen-bond donors (Lipinski definition) is 2. The standard InChI is InChI=1S/C15H24N2O3/c1-4-16-11-13-6-5-7-14(10-13)20-12(2)15(18)17-8-9-19-3/h5-7,10,12,16H,4,8-9,11H2,1-3H3,(H,17,18). The van der Waals surface area contributed by atoms with E-state index in [1.165, 1.54) is 0 Å². The minimum absolute atomic E-state index is 0.140. The molecule has 0 saturated heterocycles. The molecule has 0 aromatic heterocycles. The van der Waals surface area contributed by atoms with Crippen LogP contribution in [0.15, 0.2) is 24.3 Å². The van der Waals surface area contributed by atoms with Crippen LogP contribution in [0.4, 0.5) is 0 Å². The topological polar surface area (TPSA) is 59.6 Å². The molecule has 1 aromatic rings. The number of rotatable bonds is 9. The molecule has 1 amide bonds. The quantitative estimate of drug-likeness (QED) is 0.670. The van der Waals surface area contributed by atoms with Crippen LogP contribution in [0.5, 0.6) is 5.75 Å². The first-order valence-corrected chi connectivity index (χ1v) is 6.90. The largest absolute Gasteiger partial charge is 0.481 e. The lowest BCUT2D eigenvalue weighted by molar-refractivity contribution is -0.127. The molecule has 0 aliphatic carbocycles. The number of hydrogen-bond acceptors (Lipinski definition) is 4. The second-order valence-corrected chi connectivity index (χ2v) is 4.47. The molecule has 0 spiro atoms. The van der Waals surface area contributed by atoms with E-state index in [9.17, 15) is 4.79 Å². The fourth-order valence-electron chi connectivity index (χ4n) is 1.68. The smallest absolute Gasteiger partial charge is 0.260 e. The van der Waals surface area contributed by atoms with Gasteiger partial charge in [-0.1, -0.05) is 19.1 Å². The Kier molecular flexibility index (Phi) is 7.69. The molecule has 2 N–H and O–H groups in total. The Morgan fingerprint density at radius 2 is 2.20 bits per heavy atom. The van der Waals surface area contributed by atoms with Gasteiger partial charge in [-0.2, -0.15) is 0 Å². The lowest BCUT2D eigenvalue weighted by Gasteiger charge is -2.15. The Bertz CT molecular complexity index is 410. The molecular formula is C15H24N2O3. The van der Waals surface area contributed by atoms with Gasteiger partial charge in [0.15, 0.2) is 6.10 Å². The Morgan fingerprint density at radius 1 is 1.40 bits per heavy atom. The molecule has 5 nitrogen and oxygen atoms in total. The van der Waals surface area contributed by atoms with E-state index in [4.69, 9.17) is 9.47 Å². The van der Waals surface area contributed by atoms with Gasteiger partial charge in [0.2, 0.25) is 0 Å². The first kappa shape index (κ1) is 16.5. The van der Waals surface area contributed by atoms with Crippen LogP contribution in [0.2, 0.25) is 0 Å². The number of nitrogens with one attached hydrogen (secondary N) is 2. The van der Waals surface area contributed by atoms with Crippen molar-refractivity contribution in [2.75, 3.05) is 26.8 Å². The minimum atomic E-state index is -0.527. The fraction of sp³-hybridized carbons (Fsp3) is 0.533. The van der Waals surface area contributed by atoms with Gasteiger partial charge in [0.25, 0.3) is 5.91 Å². The molecule has 0 fully saturated rings. The van der Waals surface area contributed by atoms with Crippen molar-refractivity contribution in [3.05, 3.63) is 29.8 Å². The molecule has 1 aromatic carbocycles. The van der Waals surface area contributed by atoms with Crippen LogP contribution in [0, 0.1) is 0 Å². The lowest BCUT2D eigenvalue weighted by Crippen LogP contribution is -2.37. The van der Waals surface area contributed by atoms with E-state index in [-0.39, 0.29) is 5.91 Å². The Morgan fingerprint density at radius 3 is 2.90 bits per heavy atom. The zero-order valence-electron chi connectivity index (χ0n) is 12.4. The molecule has 1 atom stereocenters. The summed E-state index contributed by atoms with van der Waals surface area (Å²) in [6, 6.07) is 7.76. The summed E-state index contributed by atoms with van der Waals surface area (Å²) in [4.78, 5) is 11.8. The number of ether oxygens (including phenoxy) is 2. The number of carbonyl (C=O) groups excluding carboxylic acids is 1. The Hall–Kier alpha value is -1.59. The number of benzene rings is 1. The summed E-state index contributed by atoms with van der Waals surface area (Å²) >= 11 is 0. The normalized spacial score (nSPS) is 11.9. The third-order valence-electron chi connectivity index (χ3n) is 2.77. The Balaban J connectivity index is 2.48. The average molecular weight is 280 g/mol. The molecule has 0 radical (unpaired) electrons. The number of amides is 1. The predicted molar refractivity (Wildman–Crippen MR) is 78.8 cm³/mol. The van der Waals surface area contributed by atoms with Crippen LogP contribution in [0.3, 0.4) is 0 Å². The van der Waals surface area contributed by atoms with Crippen molar-refractivity contribution in [1.29, 1.82) is 0 Å². The zero-order valence-corrected chi connectivity index (χ0v) is 12.4.